The van der Waals surface area contributed by atoms with E-state index in [1.165, 1.54) is 379 Å². The van der Waals surface area contributed by atoms with E-state index in [1.54, 1.807) is 6.08 Å². The molecule has 2 atom stereocenters. The maximum Gasteiger partial charge on any atom is 0.305 e. The number of allylic oxidation sites excluding steroid dienone is 1. The van der Waals surface area contributed by atoms with Gasteiger partial charge in [0, 0.05) is 12.8 Å². The van der Waals surface area contributed by atoms with Crippen molar-refractivity contribution in [3.05, 3.63) is 12.2 Å². The molecular weight excluding hydrogens is 1020 g/mol. The molecule has 0 aromatic carbocycles. The molecule has 0 heterocycles. The van der Waals surface area contributed by atoms with Crippen LogP contribution in [0.15, 0.2) is 12.2 Å². The molecule has 83 heavy (non-hydrogen) atoms. The largest absolute Gasteiger partial charge is 0.466 e. The number of amides is 1. The van der Waals surface area contributed by atoms with Gasteiger partial charge in [-0.25, -0.2) is 0 Å². The highest BCUT2D eigenvalue weighted by Gasteiger charge is 2.18. The zero-order valence-electron chi connectivity index (χ0n) is 56.7. The molecule has 0 aromatic rings. The molecule has 0 fully saturated rings. The molecule has 0 saturated heterocycles. The quantitative estimate of drug-likeness (QED) is 0.0320. The predicted molar refractivity (Wildman–Crippen MR) is 366 cm³/mol. The molecule has 0 saturated carbocycles. The first-order valence-corrected chi connectivity index (χ1v) is 38.5. The topological polar surface area (TPSA) is 95.9 Å². The summed E-state index contributed by atoms with van der Waals surface area (Å²) in [5.74, 6) is -0.0378. The molecule has 6 nitrogen and oxygen atoms in total. The summed E-state index contributed by atoms with van der Waals surface area (Å²) < 4.78 is 5.49. The normalized spacial score (nSPS) is 12.5. The summed E-state index contributed by atoms with van der Waals surface area (Å²) in [6.07, 6.45) is 91.8. The van der Waals surface area contributed by atoms with Crippen molar-refractivity contribution in [2.75, 3.05) is 13.2 Å². The molecule has 0 aliphatic heterocycles. The van der Waals surface area contributed by atoms with Crippen molar-refractivity contribution in [1.29, 1.82) is 0 Å². The van der Waals surface area contributed by atoms with Gasteiger partial charge in [0.05, 0.1) is 25.4 Å². The van der Waals surface area contributed by atoms with Gasteiger partial charge in [0.15, 0.2) is 0 Å². The van der Waals surface area contributed by atoms with Gasteiger partial charge in [-0.1, -0.05) is 411 Å². The fraction of sp³-hybridized carbons (Fsp3) is 0.948. The number of hydrogen-bond acceptors (Lipinski definition) is 5. The third kappa shape index (κ3) is 69.6. The second-order valence-corrected chi connectivity index (χ2v) is 26.7. The van der Waals surface area contributed by atoms with Crippen molar-refractivity contribution in [3.8, 4) is 0 Å². The molecule has 0 spiro atoms. The molecule has 1 amide bonds. The van der Waals surface area contributed by atoms with E-state index in [0.29, 0.717) is 19.4 Å². The van der Waals surface area contributed by atoms with Crippen LogP contribution in [-0.4, -0.2) is 47.4 Å². The Balaban J connectivity index is 3.37. The van der Waals surface area contributed by atoms with Crippen LogP contribution in [0, 0.1) is 0 Å². The number of ether oxygens (including phenoxy) is 1. The molecule has 0 rings (SSSR count). The van der Waals surface area contributed by atoms with Gasteiger partial charge in [-0.3, -0.25) is 9.59 Å². The number of carbonyl (C=O) groups excluding carboxylic acids is 2. The highest BCUT2D eigenvalue weighted by atomic mass is 16.5. The molecule has 3 N–H and O–H groups in total. The molecule has 0 aliphatic carbocycles. The van der Waals surface area contributed by atoms with E-state index in [9.17, 15) is 19.8 Å². The Labute approximate surface area is 520 Å². The van der Waals surface area contributed by atoms with Gasteiger partial charge >= 0.3 is 5.97 Å². The van der Waals surface area contributed by atoms with Crippen LogP contribution >= 0.6 is 0 Å². The summed E-state index contributed by atoms with van der Waals surface area (Å²) in [6.45, 7) is 4.96. The molecular formula is C77H151NO5. The standard InChI is InChI=1S/C77H151NO5/c1-3-5-7-9-11-13-15-17-18-19-20-21-22-27-30-33-36-39-42-46-49-53-57-61-65-69-75(80)74(73-79)78-76(81)70-66-62-58-54-50-47-43-40-37-34-31-28-25-23-24-26-29-32-35-38-41-44-48-52-56-60-64-68-72-83-77(82)71-67-63-59-55-51-45-16-14-12-10-8-6-4-2/h65,69,74-75,79-80H,3-64,66-68,70-73H2,1-2H3,(H,78,81)/b69-65+. The van der Waals surface area contributed by atoms with Crippen LogP contribution in [0.1, 0.15) is 444 Å². The number of carbonyl (C=O) groups is 2. The maximum absolute atomic E-state index is 12.6. The van der Waals surface area contributed by atoms with Crippen LogP contribution in [-0.2, 0) is 14.3 Å². The van der Waals surface area contributed by atoms with Gasteiger partial charge in [-0.05, 0) is 32.1 Å². The van der Waals surface area contributed by atoms with E-state index in [1.807, 2.05) is 6.08 Å². The van der Waals surface area contributed by atoms with Crippen LogP contribution in [0.3, 0.4) is 0 Å². The Morgan fingerprint density at radius 3 is 0.819 bits per heavy atom. The molecule has 0 aromatic heterocycles. The smallest absolute Gasteiger partial charge is 0.305 e. The maximum atomic E-state index is 12.6. The van der Waals surface area contributed by atoms with Crippen molar-refractivity contribution >= 4 is 11.9 Å². The zero-order chi connectivity index (χ0) is 59.9. The minimum Gasteiger partial charge on any atom is -0.466 e. The Hall–Kier alpha value is -1.40. The minimum absolute atomic E-state index is 0.0212. The van der Waals surface area contributed by atoms with Gasteiger partial charge in [0.1, 0.15) is 0 Å². The van der Waals surface area contributed by atoms with Crippen LogP contribution in [0.4, 0.5) is 0 Å². The lowest BCUT2D eigenvalue weighted by molar-refractivity contribution is -0.143. The van der Waals surface area contributed by atoms with Crippen molar-refractivity contribution in [2.45, 2.75) is 456 Å². The van der Waals surface area contributed by atoms with Crippen LogP contribution < -0.4 is 5.32 Å². The first-order valence-electron chi connectivity index (χ1n) is 38.5. The van der Waals surface area contributed by atoms with Crippen LogP contribution in [0.2, 0.25) is 0 Å². The summed E-state index contributed by atoms with van der Waals surface area (Å²) in [5.41, 5.74) is 0. The Bertz CT molecular complexity index is 1260. The first kappa shape index (κ1) is 81.6. The van der Waals surface area contributed by atoms with Gasteiger partial charge in [-0.15, -0.1) is 0 Å². The van der Waals surface area contributed by atoms with E-state index in [-0.39, 0.29) is 18.5 Å². The number of aliphatic hydroxyl groups excluding tert-OH is 2. The number of nitrogens with one attached hydrogen (secondary N) is 1. The van der Waals surface area contributed by atoms with Crippen molar-refractivity contribution in [3.63, 3.8) is 0 Å². The van der Waals surface area contributed by atoms with Crippen LogP contribution in [0.5, 0.6) is 0 Å². The molecule has 2 unspecified atom stereocenters. The highest BCUT2D eigenvalue weighted by Crippen LogP contribution is 2.20. The molecule has 0 bridgehead atoms. The summed E-state index contributed by atoms with van der Waals surface area (Å²) in [5, 5.41) is 23.3. The van der Waals surface area contributed by atoms with Gasteiger partial charge in [0.2, 0.25) is 5.91 Å². The van der Waals surface area contributed by atoms with Crippen LogP contribution in [0.25, 0.3) is 0 Å². The monoisotopic (exact) mass is 1170 g/mol. The second kappa shape index (κ2) is 73.1. The lowest BCUT2D eigenvalue weighted by atomic mass is 10.0. The van der Waals surface area contributed by atoms with Crippen molar-refractivity contribution < 1.29 is 24.5 Å². The Morgan fingerprint density at radius 2 is 0.554 bits per heavy atom. The molecule has 0 aliphatic rings. The number of aliphatic hydroxyl groups is 2. The number of rotatable bonds is 73. The van der Waals surface area contributed by atoms with Gasteiger partial charge in [-0.2, -0.15) is 0 Å². The average Bonchev–Trinajstić information content (AvgIpc) is 3.49. The lowest BCUT2D eigenvalue weighted by Gasteiger charge is -2.20. The summed E-state index contributed by atoms with van der Waals surface area (Å²) in [6, 6.07) is -0.626. The van der Waals surface area contributed by atoms with E-state index in [4.69, 9.17) is 4.74 Å². The number of unbranched alkanes of at least 4 members (excludes halogenated alkanes) is 62. The van der Waals surface area contributed by atoms with E-state index in [2.05, 4.69) is 19.2 Å². The predicted octanol–water partition coefficient (Wildman–Crippen LogP) is 25.1. The zero-order valence-corrected chi connectivity index (χ0v) is 56.7. The summed E-state index contributed by atoms with van der Waals surface area (Å²) in [7, 11) is 0. The fourth-order valence-corrected chi connectivity index (χ4v) is 12.5. The molecule has 6 heteroatoms. The Kier molecular flexibility index (Phi) is 71.8. The average molecular weight is 1170 g/mol. The third-order valence-electron chi connectivity index (χ3n) is 18.3. The summed E-state index contributed by atoms with van der Waals surface area (Å²) in [4.78, 5) is 24.6. The molecule has 0 radical (unpaired) electrons. The third-order valence-corrected chi connectivity index (χ3v) is 18.3. The number of esters is 1. The van der Waals surface area contributed by atoms with E-state index >= 15 is 0 Å². The first-order chi connectivity index (χ1) is 41.0. The minimum atomic E-state index is -0.843. The van der Waals surface area contributed by atoms with Crippen molar-refractivity contribution in [2.24, 2.45) is 0 Å². The van der Waals surface area contributed by atoms with E-state index in [0.717, 1.165) is 38.5 Å². The molecule has 494 valence electrons. The number of hydrogen-bond donors (Lipinski definition) is 3. The lowest BCUT2D eigenvalue weighted by Crippen LogP contribution is -2.45. The van der Waals surface area contributed by atoms with E-state index < -0.39 is 12.1 Å². The fourth-order valence-electron chi connectivity index (χ4n) is 12.5. The second-order valence-electron chi connectivity index (χ2n) is 26.7. The highest BCUT2D eigenvalue weighted by molar-refractivity contribution is 5.76. The summed E-state index contributed by atoms with van der Waals surface area (Å²) >= 11 is 0. The SMILES string of the molecule is CCCCCCCCCCCCCCCCCCCCCCCCC/C=C/C(O)C(CO)NC(=O)CCCCCCCCCCCCCCCCCCCCCCCCCCCCCCOC(=O)CCCCCCCCCCCCCCC. The Morgan fingerprint density at radius 1 is 0.325 bits per heavy atom. The van der Waals surface area contributed by atoms with Gasteiger partial charge in [0.25, 0.3) is 0 Å². The van der Waals surface area contributed by atoms with Gasteiger partial charge < -0.3 is 20.3 Å². The van der Waals surface area contributed by atoms with Crippen molar-refractivity contribution in [1.82, 2.24) is 5.32 Å².